The van der Waals surface area contributed by atoms with Gasteiger partial charge >= 0.3 is 5.97 Å². The molecule has 3 aromatic rings. The van der Waals surface area contributed by atoms with Crippen molar-refractivity contribution in [1.29, 1.82) is 0 Å². The van der Waals surface area contributed by atoms with Gasteiger partial charge in [0, 0.05) is 5.56 Å². The van der Waals surface area contributed by atoms with Crippen molar-refractivity contribution in [2.75, 3.05) is 6.61 Å². The highest BCUT2D eigenvalue weighted by Gasteiger charge is 2.43. The molecule has 1 fully saturated rings. The minimum absolute atomic E-state index is 0.0168. The largest absolute Gasteiger partial charge is 0.466 e. The average molecular weight is 392 g/mol. The molecule has 28 heavy (non-hydrogen) atoms. The molecule has 3 nitrogen and oxygen atoms in total. The monoisotopic (exact) mass is 391 g/mol. The number of aryl methyl sites for hydroxylation is 2. The molecule has 4 heteroatoms. The van der Waals surface area contributed by atoms with Crippen molar-refractivity contribution in [3.63, 3.8) is 0 Å². The zero-order chi connectivity index (χ0) is 19.5. The van der Waals surface area contributed by atoms with Crippen LogP contribution in [0.3, 0.4) is 0 Å². The van der Waals surface area contributed by atoms with Crippen molar-refractivity contribution in [3.05, 3.63) is 65.2 Å². The highest BCUT2D eigenvalue weighted by Crippen LogP contribution is 2.43. The third-order valence-corrected chi connectivity index (χ3v) is 6.33. The van der Waals surface area contributed by atoms with Crippen LogP contribution in [0.1, 0.15) is 30.3 Å². The van der Waals surface area contributed by atoms with E-state index >= 15 is 0 Å². The molecule has 4 rings (SSSR count). The average Bonchev–Trinajstić information content (AvgIpc) is 3.40. The Morgan fingerprint density at radius 2 is 1.86 bits per heavy atom. The highest BCUT2D eigenvalue weighted by molar-refractivity contribution is 7.15. The molecule has 0 N–H and O–H groups in total. The summed E-state index contributed by atoms with van der Waals surface area (Å²) in [6.07, 6.45) is 3.05. The lowest BCUT2D eigenvalue weighted by molar-refractivity contribution is -0.145. The van der Waals surface area contributed by atoms with E-state index in [2.05, 4.69) is 55.5 Å². The summed E-state index contributed by atoms with van der Waals surface area (Å²) in [5.41, 5.74) is 4.75. The summed E-state index contributed by atoms with van der Waals surface area (Å²) in [4.78, 5) is 17.7. The number of carbonyl (C=O) groups excluding carboxylic acids is 1. The molecule has 144 valence electrons. The first kappa shape index (κ1) is 18.9. The van der Waals surface area contributed by atoms with E-state index in [4.69, 9.17) is 9.72 Å². The van der Waals surface area contributed by atoms with Gasteiger partial charge in [-0.05, 0) is 50.2 Å². The topological polar surface area (TPSA) is 39.2 Å². The van der Waals surface area contributed by atoms with Gasteiger partial charge < -0.3 is 4.74 Å². The number of benzene rings is 2. The lowest BCUT2D eigenvalue weighted by Gasteiger charge is -2.06. The van der Waals surface area contributed by atoms with Crippen molar-refractivity contribution in [2.24, 2.45) is 11.8 Å². The van der Waals surface area contributed by atoms with Crippen molar-refractivity contribution >= 4 is 17.3 Å². The first-order valence-electron chi connectivity index (χ1n) is 9.94. The molecule has 0 amide bonds. The van der Waals surface area contributed by atoms with Crippen LogP contribution >= 0.6 is 11.3 Å². The molecule has 1 aromatic heterocycles. The fourth-order valence-corrected chi connectivity index (χ4v) is 4.64. The summed E-state index contributed by atoms with van der Waals surface area (Å²) in [5.74, 6) is 0.609. The van der Waals surface area contributed by atoms with E-state index in [1.807, 2.05) is 13.0 Å². The molecular formula is C24H25NO2S. The van der Waals surface area contributed by atoms with Crippen LogP contribution in [0, 0.1) is 18.8 Å². The van der Waals surface area contributed by atoms with Crippen LogP contribution in [0.2, 0.25) is 0 Å². The number of hydrogen-bond acceptors (Lipinski definition) is 4. The number of thiazole rings is 1. The molecule has 1 saturated carbocycles. The third-order valence-electron chi connectivity index (χ3n) is 5.31. The summed E-state index contributed by atoms with van der Waals surface area (Å²) in [6, 6.07) is 19.2. The quantitative estimate of drug-likeness (QED) is 0.470. The maximum atomic E-state index is 11.8. The van der Waals surface area contributed by atoms with Gasteiger partial charge in [-0.25, -0.2) is 4.98 Å². The smallest absolute Gasteiger partial charge is 0.309 e. The Balaban J connectivity index is 1.43. The third kappa shape index (κ3) is 4.17. The summed E-state index contributed by atoms with van der Waals surface area (Å²) in [7, 11) is 0. The van der Waals surface area contributed by atoms with E-state index in [9.17, 15) is 4.79 Å². The van der Waals surface area contributed by atoms with Gasteiger partial charge in [-0.3, -0.25) is 4.79 Å². The zero-order valence-electron chi connectivity index (χ0n) is 16.4. The van der Waals surface area contributed by atoms with E-state index in [0.29, 0.717) is 12.5 Å². The van der Waals surface area contributed by atoms with Gasteiger partial charge in [0.05, 0.1) is 28.1 Å². The Hall–Kier alpha value is -2.46. The van der Waals surface area contributed by atoms with Crippen molar-refractivity contribution in [3.8, 4) is 21.7 Å². The number of rotatable bonds is 7. The van der Waals surface area contributed by atoms with Crippen molar-refractivity contribution in [1.82, 2.24) is 4.98 Å². The molecule has 0 unspecified atom stereocenters. The number of esters is 1. The minimum atomic E-state index is -0.0168. The molecule has 1 aliphatic carbocycles. The normalized spacial score (nSPS) is 18.1. The lowest BCUT2D eigenvalue weighted by atomic mass is 10.0. The molecule has 2 aromatic carbocycles. The Bertz CT molecular complexity index is 946. The van der Waals surface area contributed by atoms with Crippen molar-refractivity contribution in [2.45, 2.75) is 33.1 Å². The van der Waals surface area contributed by atoms with Gasteiger partial charge in [-0.1, -0.05) is 54.6 Å². The van der Waals surface area contributed by atoms with E-state index in [1.54, 1.807) is 11.3 Å². The SMILES string of the molecule is CCOC(=O)[C@@H]1C[C@H]1CCc1ccc(-c2sc(C)nc2-c2ccccc2)cc1. The predicted octanol–water partition coefficient (Wildman–Crippen LogP) is 5.92. The zero-order valence-corrected chi connectivity index (χ0v) is 17.2. The Labute approximate surface area is 170 Å². The molecule has 0 spiro atoms. The highest BCUT2D eigenvalue weighted by atomic mass is 32.1. The van der Waals surface area contributed by atoms with E-state index in [0.717, 1.165) is 35.5 Å². The van der Waals surface area contributed by atoms with Crippen molar-refractivity contribution < 1.29 is 9.53 Å². The van der Waals surface area contributed by atoms with Crippen LogP contribution in [0.5, 0.6) is 0 Å². The summed E-state index contributed by atoms with van der Waals surface area (Å²) < 4.78 is 5.12. The van der Waals surface area contributed by atoms with Gasteiger partial charge in [0.1, 0.15) is 0 Å². The van der Waals surface area contributed by atoms with Crippen LogP contribution in [0.25, 0.3) is 21.7 Å². The van der Waals surface area contributed by atoms with Crippen LogP contribution in [0.4, 0.5) is 0 Å². The van der Waals surface area contributed by atoms with Crippen LogP contribution in [0.15, 0.2) is 54.6 Å². The van der Waals surface area contributed by atoms with Gasteiger partial charge in [0.15, 0.2) is 0 Å². The maximum absolute atomic E-state index is 11.8. The molecule has 1 aliphatic rings. The van der Waals surface area contributed by atoms with Gasteiger partial charge in [-0.15, -0.1) is 11.3 Å². The number of ether oxygens (including phenoxy) is 1. The summed E-state index contributed by atoms with van der Waals surface area (Å²) >= 11 is 1.74. The molecular weight excluding hydrogens is 366 g/mol. The molecule has 0 bridgehead atoms. The van der Waals surface area contributed by atoms with Crippen LogP contribution < -0.4 is 0 Å². The minimum Gasteiger partial charge on any atom is -0.466 e. The van der Waals surface area contributed by atoms with Gasteiger partial charge in [0.25, 0.3) is 0 Å². The van der Waals surface area contributed by atoms with E-state index in [-0.39, 0.29) is 11.9 Å². The molecule has 0 radical (unpaired) electrons. The van der Waals surface area contributed by atoms with E-state index < -0.39 is 0 Å². The second-order valence-electron chi connectivity index (χ2n) is 7.37. The Morgan fingerprint density at radius 3 is 2.57 bits per heavy atom. The number of aromatic nitrogens is 1. The molecule has 0 aliphatic heterocycles. The Kier molecular flexibility index (Phi) is 5.58. The first-order valence-corrected chi connectivity index (χ1v) is 10.8. The second-order valence-corrected chi connectivity index (χ2v) is 8.57. The number of nitrogens with zero attached hydrogens (tertiary/aromatic N) is 1. The van der Waals surface area contributed by atoms with E-state index in [1.165, 1.54) is 16.0 Å². The first-order chi connectivity index (χ1) is 13.7. The maximum Gasteiger partial charge on any atom is 0.309 e. The summed E-state index contributed by atoms with van der Waals surface area (Å²) in [6.45, 7) is 4.40. The molecule has 1 heterocycles. The van der Waals surface area contributed by atoms with Gasteiger partial charge in [0.2, 0.25) is 0 Å². The second kappa shape index (κ2) is 8.27. The Morgan fingerprint density at radius 1 is 1.11 bits per heavy atom. The fraction of sp³-hybridized carbons (Fsp3) is 0.333. The molecule has 0 saturated heterocycles. The van der Waals surface area contributed by atoms with Gasteiger partial charge in [-0.2, -0.15) is 0 Å². The number of carbonyl (C=O) groups is 1. The number of hydrogen-bond donors (Lipinski definition) is 0. The lowest BCUT2D eigenvalue weighted by Crippen LogP contribution is -2.07. The predicted molar refractivity (Wildman–Crippen MR) is 114 cm³/mol. The van der Waals surface area contributed by atoms with Crippen LogP contribution in [-0.4, -0.2) is 17.6 Å². The molecule has 2 atom stereocenters. The van der Waals surface area contributed by atoms with Crippen LogP contribution in [-0.2, 0) is 16.0 Å². The standard InChI is InChI=1S/C24H25NO2S/c1-3-27-24(26)21-15-20(21)14-11-17-9-12-19(13-10-17)23-22(25-16(2)28-23)18-7-5-4-6-8-18/h4-10,12-13,20-21H,3,11,14-15H2,1-2H3/t20-,21-/m1/s1. The fourth-order valence-electron chi connectivity index (χ4n) is 3.69. The summed E-state index contributed by atoms with van der Waals surface area (Å²) in [5, 5.41) is 1.08.